The zero-order chi connectivity index (χ0) is 14.5. The van der Waals surface area contributed by atoms with Gasteiger partial charge in [0.25, 0.3) is 5.91 Å². The van der Waals surface area contributed by atoms with E-state index < -0.39 is 10.0 Å². The molecule has 6 nitrogen and oxygen atoms in total. The summed E-state index contributed by atoms with van der Waals surface area (Å²) in [6.45, 7) is 3.51. The number of rotatable bonds is 6. The van der Waals surface area contributed by atoms with Gasteiger partial charge in [-0.2, -0.15) is 0 Å². The van der Waals surface area contributed by atoms with E-state index in [2.05, 4.69) is 10.0 Å². The summed E-state index contributed by atoms with van der Waals surface area (Å²) in [7, 11) is -3.36. The number of halogens is 1. The zero-order valence-corrected chi connectivity index (χ0v) is 13.1. The molecule has 1 aromatic carbocycles. The van der Waals surface area contributed by atoms with Gasteiger partial charge in [-0.15, -0.1) is 12.4 Å². The Morgan fingerprint density at radius 1 is 1.30 bits per heavy atom. The van der Waals surface area contributed by atoms with Crippen molar-refractivity contribution in [3.8, 4) is 0 Å². The molecule has 0 spiro atoms. The highest BCUT2D eigenvalue weighted by molar-refractivity contribution is 7.89. The van der Waals surface area contributed by atoms with Crippen molar-refractivity contribution in [3.63, 3.8) is 0 Å². The second kappa shape index (κ2) is 8.08. The molecule has 0 fully saturated rings. The van der Waals surface area contributed by atoms with Crippen molar-refractivity contribution in [3.05, 3.63) is 29.8 Å². The van der Waals surface area contributed by atoms with E-state index in [9.17, 15) is 13.2 Å². The maximum absolute atomic E-state index is 11.8. The summed E-state index contributed by atoms with van der Waals surface area (Å²) in [4.78, 5) is 11.8. The minimum atomic E-state index is -3.36. The van der Waals surface area contributed by atoms with Gasteiger partial charge in [-0.25, -0.2) is 13.1 Å². The summed E-state index contributed by atoms with van der Waals surface area (Å²) in [5, 5.41) is 2.53. The van der Waals surface area contributed by atoms with Crippen LogP contribution in [0.5, 0.6) is 0 Å². The van der Waals surface area contributed by atoms with Gasteiger partial charge in [0.05, 0.1) is 11.3 Å². The van der Waals surface area contributed by atoms with Gasteiger partial charge in [-0.1, -0.05) is 12.1 Å². The molecular formula is C12H20ClN3O3S. The van der Waals surface area contributed by atoms with Gasteiger partial charge in [0.1, 0.15) is 0 Å². The van der Waals surface area contributed by atoms with E-state index in [-0.39, 0.29) is 36.7 Å². The molecule has 0 heterocycles. The maximum atomic E-state index is 11.8. The smallest absolute Gasteiger partial charge is 0.253 e. The third-order valence-electron chi connectivity index (χ3n) is 2.28. The first-order valence-electron chi connectivity index (χ1n) is 5.94. The fraction of sp³-hybridized carbons (Fsp3) is 0.417. The monoisotopic (exact) mass is 321 g/mol. The van der Waals surface area contributed by atoms with Crippen molar-refractivity contribution in [2.75, 3.05) is 18.0 Å². The van der Waals surface area contributed by atoms with E-state index in [4.69, 9.17) is 5.73 Å². The minimum absolute atomic E-state index is 0. The second-order valence-electron chi connectivity index (χ2n) is 4.43. The molecule has 0 saturated carbocycles. The Morgan fingerprint density at radius 3 is 2.45 bits per heavy atom. The summed E-state index contributed by atoms with van der Waals surface area (Å²) in [6, 6.07) is 6.47. The van der Waals surface area contributed by atoms with Crippen molar-refractivity contribution in [2.24, 2.45) is 0 Å². The normalized spacial score (nSPS) is 10.9. The van der Waals surface area contributed by atoms with E-state index in [1.165, 1.54) is 0 Å². The van der Waals surface area contributed by atoms with Crippen LogP contribution in [0.4, 0.5) is 5.69 Å². The first-order chi connectivity index (χ1) is 8.82. The van der Waals surface area contributed by atoms with E-state index in [0.29, 0.717) is 11.3 Å². The average Bonchev–Trinajstić information content (AvgIpc) is 2.27. The number of nitrogens with one attached hydrogen (secondary N) is 2. The number of amides is 1. The highest BCUT2D eigenvalue weighted by Gasteiger charge is 2.13. The molecule has 0 aliphatic heterocycles. The molecule has 0 saturated heterocycles. The molecule has 0 aliphatic carbocycles. The van der Waals surface area contributed by atoms with E-state index in [0.717, 1.165) is 0 Å². The van der Waals surface area contributed by atoms with Gasteiger partial charge in [-0.3, -0.25) is 4.79 Å². The quantitative estimate of drug-likeness (QED) is 0.673. The fourth-order valence-corrected chi connectivity index (χ4v) is 2.72. The van der Waals surface area contributed by atoms with Gasteiger partial charge < -0.3 is 11.1 Å². The number of anilines is 1. The van der Waals surface area contributed by atoms with Crippen LogP contribution in [0.3, 0.4) is 0 Å². The van der Waals surface area contributed by atoms with Crippen LogP contribution in [0, 0.1) is 0 Å². The molecule has 0 aliphatic rings. The van der Waals surface area contributed by atoms with Crippen LogP contribution in [0.15, 0.2) is 24.3 Å². The Balaban J connectivity index is 0.00000361. The van der Waals surface area contributed by atoms with Crippen molar-refractivity contribution >= 4 is 34.0 Å². The molecule has 0 unspecified atom stereocenters. The molecule has 0 radical (unpaired) electrons. The summed E-state index contributed by atoms with van der Waals surface area (Å²) in [5.41, 5.74) is 6.36. The van der Waals surface area contributed by atoms with Gasteiger partial charge in [0.2, 0.25) is 10.0 Å². The van der Waals surface area contributed by atoms with Gasteiger partial charge in [0, 0.05) is 18.3 Å². The molecule has 0 aromatic heterocycles. The zero-order valence-electron chi connectivity index (χ0n) is 11.4. The summed E-state index contributed by atoms with van der Waals surface area (Å²) in [6.07, 6.45) is 0. The predicted molar refractivity (Wildman–Crippen MR) is 82.5 cm³/mol. The third-order valence-corrected chi connectivity index (χ3v) is 3.85. The Labute approximate surface area is 125 Å². The van der Waals surface area contributed by atoms with E-state index >= 15 is 0 Å². The van der Waals surface area contributed by atoms with Crippen LogP contribution >= 0.6 is 12.4 Å². The Kier molecular flexibility index (Phi) is 7.55. The second-order valence-corrected chi connectivity index (χ2v) is 6.31. The molecule has 4 N–H and O–H groups in total. The number of sulfonamides is 1. The first-order valence-corrected chi connectivity index (χ1v) is 7.60. The minimum Gasteiger partial charge on any atom is -0.398 e. The number of carbonyl (C=O) groups excluding carboxylic acids is 1. The molecule has 1 aromatic rings. The molecule has 0 bridgehead atoms. The van der Waals surface area contributed by atoms with Crippen LogP contribution in [0.1, 0.15) is 24.2 Å². The first kappa shape index (κ1) is 18.7. The average molecular weight is 322 g/mol. The standard InChI is InChI=1S/C12H19N3O3S.ClH/c1-9(2)15-19(17,18)8-7-14-12(16)10-5-3-4-6-11(10)13;/h3-6,9,15H,7-8,13H2,1-2H3,(H,14,16);1H. The summed E-state index contributed by atoms with van der Waals surface area (Å²) < 4.78 is 25.5. The number of carbonyl (C=O) groups is 1. The molecule has 1 rings (SSSR count). The fourth-order valence-electron chi connectivity index (χ4n) is 1.52. The lowest BCUT2D eigenvalue weighted by molar-refractivity contribution is 0.0957. The summed E-state index contributed by atoms with van der Waals surface area (Å²) >= 11 is 0. The van der Waals surface area contributed by atoms with Crippen LogP contribution < -0.4 is 15.8 Å². The Bertz CT molecular complexity index is 547. The number of hydrogen-bond donors (Lipinski definition) is 3. The molecule has 114 valence electrons. The van der Waals surface area contributed by atoms with Crippen molar-refractivity contribution in [1.29, 1.82) is 0 Å². The number of para-hydroxylation sites is 1. The van der Waals surface area contributed by atoms with Crippen LogP contribution in [-0.2, 0) is 10.0 Å². The number of nitrogens with two attached hydrogens (primary N) is 1. The molecule has 8 heteroatoms. The van der Waals surface area contributed by atoms with Gasteiger partial charge in [0.15, 0.2) is 0 Å². The number of hydrogen-bond acceptors (Lipinski definition) is 4. The van der Waals surface area contributed by atoms with E-state index in [1.54, 1.807) is 38.1 Å². The Morgan fingerprint density at radius 2 is 1.90 bits per heavy atom. The van der Waals surface area contributed by atoms with Crippen LogP contribution in [0.2, 0.25) is 0 Å². The lowest BCUT2D eigenvalue weighted by Gasteiger charge is -2.10. The highest BCUT2D eigenvalue weighted by Crippen LogP contribution is 2.09. The largest absolute Gasteiger partial charge is 0.398 e. The van der Waals surface area contributed by atoms with Gasteiger partial charge >= 0.3 is 0 Å². The number of benzene rings is 1. The predicted octanol–water partition coefficient (Wildman–Crippen LogP) is 0.748. The van der Waals surface area contributed by atoms with Crippen molar-refractivity contribution in [2.45, 2.75) is 19.9 Å². The van der Waals surface area contributed by atoms with Crippen LogP contribution in [0.25, 0.3) is 0 Å². The SMILES string of the molecule is CC(C)NS(=O)(=O)CCNC(=O)c1ccccc1N.Cl. The van der Waals surface area contributed by atoms with Gasteiger partial charge in [-0.05, 0) is 26.0 Å². The maximum Gasteiger partial charge on any atom is 0.253 e. The molecule has 0 atom stereocenters. The summed E-state index contributed by atoms with van der Waals surface area (Å²) in [5.74, 6) is -0.540. The molecular weight excluding hydrogens is 302 g/mol. The molecule has 1 amide bonds. The Hall–Kier alpha value is -1.31. The van der Waals surface area contributed by atoms with Crippen molar-refractivity contribution < 1.29 is 13.2 Å². The van der Waals surface area contributed by atoms with Crippen LogP contribution in [-0.4, -0.2) is 32.7 Å². The third kappa shape index (κ3) is 6.23. The number of nitrogen functional groups attached to an aromatic ring is 1. The lowest BCUT2D eigenvalue weighted by Crippen LogP contribution is -2.37. The van der Waals surface area contributed by atoms with Crippen molar-refractivity contribution in [1.82, 2.24) is 10.0 Å². The lowest BCUT2D eigenvalue weighted by atomic mass is 10.2. The highest BCUT2D eigenvalue weighted by atomic mass is 35.5. The van der Waals surface area contributed by atoms with E-state index in [1.807, 2.05) is 0 Å². The molecule has 20 heavy (non-hydrogen) atoms. The topological polar surface area (TPSA) is 101 Å².